The van der Waals surface area contributed by atoms with E-state index in [4.69, 9.17) is 9.47 Å². The molecule has 0 aliphatic heterocycles. The highest BCUT2D eigenvalue weighted by molar-refractivity contribution is 7.22. The average Bonchev–Trinajstić information content (AvgIpc) is 3.16. The van der Waals surface area contributed by atoms with Crippen molar-refractivity contribution < 1.29 is 31.8 Å². The number of thiazole rings is 1. The largest absolute Gasteiger partial charge is 0.493 e. The Labute approximate surface area is 182 Å². The molecule has 0 unspecified atom stereocenters. The van der Waals surface area contributed by atoms with E-state index in [2.05, 4.69) is 15.3 Å². The van der Waals surface area contributed by atoms with Gasteiger partial charge in [0.15, 0.2) is 16.6 Å². The summed E-state index contributed by atoms with van der Waals surface area (Å²) in [6, 6.07) is 11.0. The van der Waals surface area contributed by atoms with Crippen molar-refractivity contribution >= 4 is 32.6 Å². The summed E-state index contributed by atoms with van der Waals surface area (Å²) in [6.45, 7) is 0. The van der Waals surface area contributed by atoms with E-state index in [1.807, 2.05) is 0 Å². The molecule has 0 bridgehead atoms. The number of alkyl halides is 3. The Morgan fingerprint density at radius 2 is 1.88 bits per heavy atom. The molecule has 0 radical (unpaired) electrons. The van der Waals surface area contributed by atoms with Crippen LogP contribution >= 0.6 is 11.3 Å². The molecule has 1 N–H and O–H groups in total. The second-order valence-electron chi connectivity index (χ2n) is 6.41. The number of benzene rings is 2. The fourth-order valence-corrected chi connectivity index (χ4v) is 3.63. The highest BCUT2D eigenvalue weighted by Crippen LogP contribution is 2.36. The van der Waals surface area contributed by atoms with Gasteiger partial charge in [-0.25, -0.2) is 14.4 Å². The van der Waals surface area contributed by atoms with Gasteiger partial charge in [0.05, 0.1) is 22.9 Å². The minimum Gasteiger partial charge on any atom is -0.493 e. The fourth-order valence-electron chi connectivity index (χ4n) is 2.77. The first-order chi connectivity index (χ1) is 15.2. The molecule has 0 fully saturated rings. The Hall–Kier alpha value is -3.73. The molecule has 0 aliphatic carbocycles. The molecule has 0 aliphatic rings. The summed E-state index contributed by atoms with van der Waals surface area (Å²) >= 11 is 1.16. The molecule has 6 nitrogen and oxygen atoms in total. The number of pyridine rings is 1. The van der Waals surface area contributed by atoms with Gasteiger partial charge in [-0.05, 0) is 30.3 Å². The third-order valence-corrected chi connectivity index (χ3v) is 5.22. The Kier molecular flexibility index (Phi) is 5.66. The number of nitrogens with one attached hydrogen (secondary N) is 1. The van der Waals surface area contributed by atoms with Crippen LogP contribution in [0.25, 0.3) is 10.2 Å². The van der Waals surface area contributed by atoms with Gasteiger partial charge in [-0.15, -0.1) is 0 Å². The van der Waals surface area contributed by atoms with E-state index in [0.717, 1.165) is 28.2 Å². The van der Waals surface area contributed by atoms with Crippen molar-refractivity contribution in [2.75, 3.05) is 12.4 Å². The van der Waals surface area contributed by atoms with Crippen molar-refractivity contribution in [2.45, 2.75) is 6.18 Å². The number of nitrogens with zero attached hydrogens (tertiary/aromatic N) is 2. The Balaban J connectivity index is 1.71. The summed E-state index contributed by atoms with van der Waals surface area (Å²) in [5, 5.41) is 2.67. The first-order valence-electron chi connectivity index (χ1n) is 9.00. The van der Waals surface area contributed by atoms with Crippen molar-refractivity contribution in [1.82, 2.24) is 9.97 Å². The highest BCUT2D eigenvalue weighted by atomic mass is 32.1. The smallest absolute Gasteiger partial charge is 0.417 e. The lowest BCUT2D eigenvalue weighted by Crippen LogP contribution is -2.16. The van der Waals surface area contributed by atoms with Crippen LogP contribution in [0.15, 0.2) is 54.7 Å². The number of amides is 1. The van der Waals surface area contributed by atoms with Gasteiger partial charge in [-0.3, -0.25) is 10.1 Å². The molecule has 4 aromatic rings. The van der Waals surface area contributed by atoms with Crippen LogP contribution in [-0.2, 0) is 6.18 Å². The quantitative estimate of drug-likeness (QED) is 0.373. The van der Waals surface area contributed by atoms with E-state index < -0.39 is 34.9 Å². The zero-order chi connectivity index (χ0) is 22.9. The van der Waals surface area contributed by atoms with Gasteiger partial charge < -0.3 is 9.47 Å². The second-order valence-corrected chi connectivity index (χ2v) is 7.44. The molecule has 32 heavy (non-hydrogen) atoms. The second kappa shape index (κ2) is 8.42. The van der Waals surface area contributed by atoms with Crippen LogP contribution in [0.4, 0.5) is 22.7 Å². The van der Waals surface area contributed by atoms with Gasteiger partial charge in [0, 0.05) is 12.3 Å². The third kappa shape index (κ3) is 4.47. The van der Waals surface area contributed by atoms with Gasteiger partial charge in [0.25, 0.3) is 5.91 Å². The number of halogens is 4. The number of carbonyl (C=O) groups is 1. The molecule has 0 saturated heterocycles. The van der Waals surface area contributed by atoms with Gasteiger partial charge in [0.1, 0.15) is 11.4 Å². The zero-order valence-corrected chi connectivity index (χ0v) is 17.1. The normalized spacial score (nSPS) is 11.4. The number of anilines is 1. The van der Waals surface area contributed by atoms with Gasteiger partial charge >= 0.3 is 6.18 Å². The summed E-state index contributed by atoms with van der Waals surface area (Å²) < 4.78 is 64.5. The van der Waals surface area contributed by atoms with Gasteiger partial charge in [-0.2, -0.15) is 13.2 Å². The SMILES string of the molecule is COc1cc(F)ccc1Oc1ncc(C(F)(F)F)cc1C(=O)Nc1nc2ccccc2s1. The summed E-state index contributed by atoms with van der Waals surface area (Å²) in [5.74, 6) is -1.98. The van der Waals surface area contributed by atoms with Crippen LogP contribution in [0.3, 0.4) is 0 Å². The Morgan fingerprint density at radius 1 is 1.09 bits per heavy atom. The van der Waals surface area contributed by atoms with E-state index in [1.54, 1.807) is 24.3 Å². The maximum Gasteiger partial charge on any atom is 0.417 e. The standard InChI is InChI=1S/C21H13F4N3O3S/c1-30-16-9-12(22)6-7-15(16)31-19-13(8-11(10-26-19)21(23,24)25)18(29)28-20-27-14-4-2-3-5-17(14)32-20/h2-10H,1H3,(H,27,28,29). The molecule has 1 amide bonds. The van der Waals surface area contributed by atoms with Crippen molar-refractivity contribution in [3.05, 3.63) is 71.7 Å². The molecule has 0 atom stereocenters. The number of fused-ring (bicyclic) bond motifs is 1. The van der Waals surface area contributed by atoms with Crippen LogP contribution in [0.5, 0.6) is 17.4 Å². The maximum atomic E-state index is 13.4. The number of hydrogen-bond donors (Lipinski definition) is 1. The lowest BCUT2D eigenvalue weighted by Gasteiger charge is -2.14. The number of carbonyl (C=O) groups excluding carboxylic acids is 1. The summed E-state index contributed by atoms with van der Waals surface area (Å²) in [5.41, 5.74) is -0.988. The van der Waals surface area contributed by atoms with Crippen LogP contribution in [-0.4, -0.2) is 23.0 Å². The third-order valence-electron chi connectivity index (χ3n) is 4.27. The van der Waals surface area contributed by atoms with Crippen LogP contribution in [0, 0.1) is 5.82 Å². The first kappa shape index (κ1) is 21.5. The molecule has 4 rings (SSSR count). The summed E-state index contributed by atoms with van der Waals surface area (Å²) in [7, 11) is 1.27. The van der Waals surface area contributed by atoms with E-state index in [9.17, 15) is 22.4 Å². The monoisotopic (exact) mass is 463 g/mol. The molecular weight excluding hydrogens is 450 g/mol. The molecule has 2 aromatic heterocycles. The van der Waals surface area contributed by atoms with Crippen molar-refractivity contribution in [1.29, 1.82) is 0 Å². The summed E-state index contributed by atoms with van der Waals surface area (Å²) in [6.07, 6.45) is -4.19. The number of para-hydroxylation sites is 1. The van der Waals surface area contributed by atoms with Crippen molar-refractivity contribution in [3.8, 4) is 17.4 Å². The predicted octanol–water partition coefficient (Wildman–Crippen LogP) is 5.90. The minimum absolute atomic E-state index is 0.0239. The minimum atomic E-state index is -4.73. The maximum absolute atomic E-state index is 13.4. The molecule has 0 saturated carbocycles. The van der Waals surface area contributed by atoms with E-state index in [0.29, 0.717) is 17.8 Å². The van der Waals surface area contributed by atoms with Gasteiger partial charge in [0.2, 0.25) is 5.88 Å². The number of methoxy groups -OCH3 is 1. The summed E-state index contributed by atoms with van der Waals surface area (Å²) in [4.78, 5) is 20.8. The lowest BCUT2D eigenvalue weighted by atomic mass is 10.1. The lowest BCUT2D eigenvalue weighted by molar-refractivity contribution is -0.137. The van der Waals surface area contributed by atoms with Crippen molar-refractivity contribution in [2.24, 2.45) is 0 Å². The average molecular weight is 463 g/mol. The van der Waals surface area contributed by atoms with Crippen LogP contribution in [0.1, 0.15) is 15.9 Å². The van der Waals surface area contributed by atoms with Gasteiger partial charge in [-0.1, -0.05) is 23.5 Å². The number of hydrogen-bond acceptors (Lipinski definition) is 6. The number of rotatable bonds is 5. The van der Waals surface area contributed by atoms with E-state index in [-0.39, 0.29) is 16.6 Å². The number of ether oxygens (including phenoxy) is 2. The molecular formula is C21H13F4N3O3S. The predicted molar refractivity (Wildman–Crippen MR) is 110 cm³/mol. The zero-order valence-electron chi connectivity index (χ0n) is 16.2. The first-order valence-corrected chi connectivity index (χ1v) is 9.82. The molecule has 2 heterocycles. The molecule has 164 valence electrons. The van der Waals surface area contributed by atoms with Crippen LogP contribution < -0.4 is 14.8 Å². The fraction of sp³-hybridized carbons (Fsp3) is 0.0952. The Bertz CT molecular complexity index is 1270. The Morgan fingerprint density at radius 3 is 2.59 bits per heavy atom. The van der Waals surface area contributed by atoms with Crippen LogP contribution in [0.2, 0.25) is 0 Å². The molecule has 0 spiro atoms. The molecule has 11 heteroatoms. The molecule has 2 aromatic carbocycles. The van der Waals surface area contributed by atoms with E-state index >= 15 is 0 Å². The van der Waals surface area contributed by atoms with Crippen molar-refractivity contribution in [3.63, 3.8) is 0 Å². The highest BCUT2D eigenvalue weighted by Gasteiger charge is 2.33. The van der Waals surface area contributed by atoms with E-state index in [1.165, 1.54) is 13.2 Å². The number of aromatic nitrogens is 2. The topological polar surface area (TPSA) is 73.3 Å².